The summed E-state index contributed by atoms with van der Waals surface area (Å²) in [6.45, 7) is -0.809. The number of aliphatic hydroxyl groups excluding tert-OH is 3. The second-order valence-corrected chi connectivity index (χ2v) is 11.0. The zero-order valence-electron chi connectivity index (χ0n) is 19.3. The average molecular weight is 631 g/mol. The molecule has 0 spiro atoms. The quantitative estimate of drug-likeness (QED) is 0.238. The zero-order valence-corrected chi connectivity index (χ0v) is 21.0. The number of halogens is 7. The standard InChI is InChI=1S/C22H19F7N4O5Se/c23-11-3-1-2-10(6-11)15-8-33(32-30-15)17-18(35)16(9-34)38-20(19(17)36)31-39(37)12-4-5-13(21(24,25)26)14(7-12)22(27,28)29/h1-8,16-20,31,34-36H,9H2/t16-,17+,18+,19-,20-,39?/m1/s1. The van der Waals surface area contributed by atoms with Crippen molar-refractivity contribution in [3.8, 4) is 11.3 Å². The van der Waals surface area contributed by atoms with Crippen LogP contribution in [0.15, 0.2) is 48.7 Å². The Labute approximate surface area is 219 Å². The third-order valence-electron chi connectivity index (χ3n) is 5.87. The van der Waals surface area contributed by atoms with Crippen LogP contribution in [0.1, 0.15) is 17.2 Å². The molecule has 4 N–H and O–H groups in total. The number of nitrogens with one attached hydrogen (secondary N) is 1. The number of rotatable bonds is 6. The van der Waals surface area contributed by atoms with E-state index in [0.717, 1.165) is 10.7 Å². The second kappa shape index (κ2) is 11.0. The van der Waals surface area contributed by atoms with E-state index in [1.54, 1.807) is 0 Å². The molecule has 0 radical (unpaired) electrons. The summed E-state index contributed by atoms with van der Waals surface area (Å²) in [4.78, 5) is 0. The van der Waals surface area contributed by atoms with E-state index in [1.807, 2.05) is 0 Å². The van der Waals surface area contributed by atoms with Gasteiger partial charge in [0.25, 0.3) is 0 Å². The van der Waals surface area contributed by atoms with Gasteiger partial charge in [-0.3, -0.25) is 0 Å². The minimum absolute atomic E-state index is 0.0985. The number of ether oxygens (including phenoxy) is 1. The molecule has 6 atom stereocenters. The number of hydrogen-bond acceptors (Lipinski definition) is 7. The van der Waals surface area contributed by atoms with Crippen molar-refractivity contribution >= 4 is 18.5 Å². The Morgan fingerprint density at radius 2 is 1.69 bits per heavy atom. The van der Waals surface area contributed by atoms with Crippen LogP contribution in [0.2, 0.25) is 0 Å². The molecular formula is C22H19F7N4O5Se. The Morgan fingerprint density at radius 3 is 2.31 bits per heavy atom. The molecule has 0 saturated carbocycles. The van der Waals surface area contributed by atoms with Crippen LogP contribution in [-0.4, -0.2) is 75.5 Å². The molecule has 2 aromatic carbocycles. The summed E-state index contributed by atoms with van der Waals surface area (Å²) < 4.78 is 114. The predicted molar refractivity (Wildman–Crippen MR) is 118 cm³/mol. The molecule has 3 aromatic rings. The summed E-state index contributed by atoms with van der Waals surface area (Å²) in [5, 5.41) is 38.9. The molecule has 0 amide bonds. The minimum atomic E-state index is -5.41. The van der Waals surface area contributed by atoms with E-state index >= 15 is 0 Å². The molecule has 1 aliphatic heterocycles. The maximum atomic E-state index is 13.6. The van der Waals surface area contributed by atoms with Crippen LogP contribution >= 0.6 is 0 Å². The summed E-state index contributed by atoms with van der Waals surface area (Å²) in [5.41, 5.74) is -3.56. The monoisotopic (exact) mass is 632 g/mol. The van der Waals surface area contributed by atoms with E-state index in [1.165, 1.54) is 24.4 Å². The third-order valence-corrected chi connectivity index (χ3v) is 8.24. The Morgan fingerprint density at radius 1 is 1.00 bits per heavy atom. The van der Waals surface area contributed by atoms with Gasteiger partial charge in [-0.05, 0) is 0 Å². The van der Waals surface area contributed by atoms with Crippen molar-refractivity contribution in [2.75, 3.05) is 6.61 Å². The fourth-order valence-corrected chi connectivity index (χ4v) is 6.02. The number of benzene rings is 2. The number of nitrogens with zero attached hydrogens (tertiary/aromatic N) is 3. The first kappa shape index (κ1) is 29.2. The van der Waals surface area contributed by atoms with Crippen molar-refractivity contribution in [1.82, 2.24) is 19.3 Å². The van der Waals surface area contributed by atoms with E-state index in [-0.39, 0.29) is 17.8 Å². The molecule has 4 rings (SSSR count). The van der Waals surface area contributed by atoms with E-state index in [9.17, 15) is 49.9 Å². The van der Waals surface area contributed by atoms with E-state index < -0.39 is 85.0 Å². The molecule has 0 bridgehead atoms. The fourth-order valence-electron chi connectivity index (χ4n) is 4.01. The van der Waals surface area contributed by atoms with Gasteiger partial charge in [-0.1, -0.05) is 0 Å². The molecule has 212 valence electrons. The van der Waals surface area contributed by atoms with E-state index in [4.69, 9.17) is 4.74 Å². The topological polar surface area (TPSA) is 130 Å². The number of hydrogen-bond donors (Lipinski definition) is 4. The molecule has 0 aliphatic carbocycles. The van der Waals surface area contributed by atoms with Gasteiger partial charge in [0.1, 0.15) is 0 Å². The molecule has 1 fully saturated rings. The third kappa shape index (κ3) is 6.19. The van der Waals surface area contributed by atoms with Gasteiger partial charge in [0.2, 0.25) is 0 Å². The summed E-state index contributed by atoms with van der Waals surface area (Å²) in [5.74, 6) is -0.569. The van der Waals surface area contributed by atoms with Crippen LogP contribution in [0.3, 0.4) is 0 Å². The van der Waals surface area contributed by atoms with Crippen molar-refractivity contribution in [3.05, 3.63) is 65.6 Å². The van der Waals surface area contributed by atoms with E-state index in [2.05, 4.69) is 14.6 Å². The zero-order chi connectivity index (χ0) is 28.7. The van der Waals surface area contributed by atoms with Gasteiger partial charge in [-0.15, -0.1) is 0 Å². The first-order chi connectivity index (χ1) is 18.2. The van der Waals surface area contributed by atoms with Gasteiger partial charge in [0.05, 0.1) is 0 Å². The van der Waals surface area contributed by atoms with Crippen molar-refractivity contribution < 1.29 is 54.6 Å². The molecule has 39 heavy (non-hydrogen) atoms. The van der Waals surface area contributed by atoms with Crippen LogP contribution < -0.4 is 8.79 Å². The molecule has 1 aromatic heterocycles. The van der Waals surface area contributed by atoms with Gasteiger partial charge in [0, 0.05) is 0 Å². The first-order valence-electron chi connectivity index (χ1n) is 11.0. The summed E-state index contributed by atoms with van der Waals surface area (Å²) in [7, 11) is 0. The Kier molecular flexibility index (Phi) is 8.23. The molecule has 17 heteroatoms. The van der Waals surface area contributed by atoms with Gasteiger partial charge >= 0.3 is 219 Å². The molecule has 1 aliphatic rings. The molecule has 1 saturated heterocycles. The molecular weight excluding hydrogens is 612 g/mol. The number of alkyl halides is 6. The van der Waals surface area contributed by atoms with Gasteiger partial charge in [0.15, 0.2) is 0 Å². The molecule has 1 unspecified atom stereocenters. The summed E-state index contributed by atoms with van der Waals surface area (Å²) >= 11 is -3.81. The normalized spacial score (nSPS) is 25.0. The first-order valence-corrected chi connectivity index (χ1v) is 13.4. The predicted octanol–water partition coefficient (Wildman–Crippen LogP) is 1.52. The molecule has 9 nitrogen and oxygen atoms in total. The Hall–Kier alpha value is -2.79. The van der Waals surface area contributed by atoms with E-state index in [0.29, 0.717) is 11.6 Å². The summed E-state index contributed by atoms with van der Waals surface area (Å²) in [6, 6.07) is 4.73. The van der Waals surface area contributed by atoms with Gasteiger partial charge in [-0.25, -0.2) is 0 Å². The van der Waals surface area contributed by atoms with Crippen LogP contribution in [-0.2, 0) is 20.9 Å². The summed E-state index contributed by atoms with van der Waals surface area (Å²) in [6.07, 6.45) is -16.0. The SMILES string of the molecule is O=[Se](N[C@@H]1O[C@H](CO)[C@H](O)[C@H](n2cc(-c3cccc(F)c3)nn2)[C@H]1O)c1ccc(C(F)(F)F)c(C(F)(F)F)c1. The Balaban J connectivity index is 1.61. The number of aliphatic hydroxyl groups is 3. The average Bonchev–Trinajstić information content (AvgIpc) is 3.34. The fraction of sp³-hybridized carbons (Fsp3) is 0.364. The van der Waals surface area contributed by atoms with Crippen molar-refractivity contribution in [2.45, 2.75) is 42.9 Å². The van der Waals surface area contributed by atoms with Crippen LogP contribution in [0.25, 0.3) is 11.3 Å². The van der Waals surface area contributed by atoms with Crippen molar-refractivity contribution in [1.29, 1.82) is 0 Å². The van der Waals surface area contributed by atoms with Crippen molar-refractivity contribution in [3.63, 3.8) is 0 Å². The van der Waals surface area contributed by atoms with Crippen molar-refractivity contribution in [2.24, 2.45) is 0 Å². The number of aromatic nitrogens is 3. The van der Waals surface area contributed by atoms with Gasteiger partial charge in [-0.2, -0.15) is 0 Å². The van der Waals surface area contributed by atoms with Crippen LogP contribution in [0.5, 0.6) is 0 Å². The van der Waals surface area contributed by atoms with Crippen LogP contribution in [0, 0.1) is 5.82 Å². The Bertz CT molecular complexity index is 1350. The maximum absolute atomic E-state index is 13.6. The second-order valence-electron chi connectivity index (χ2n) is 8.43. The van der Waals surface area contributed by atoms with Gasteiger partial charge < -0.3 is 0 Å². The molecule has 2 heterocycles. The van der Waals surface area contributed by atoms with Crippen LogP contribution in [0.4, 0.5) is 30.7 Å².